The monoisotopic (exact) mass is 459 g/mol. The molecule has 2 N–H and O–H groups in total. The Morgan fingerprint density at radius 1 is 1.06 bits per heavy atom. The number of aromatic nitrogens is 4. The summed E-state index contributed by atoms with van der Waals surface area (Å²) < 4.78 is 79.6. The predicted molar refractivity (Wildman–Crippen MR) is 103 cm³/mol. The summed E-state index contributed by atoms with van der Waals surface area (Å²) in [4.78, 5) is 13.9. The molecule has 0 spiro atoms. The zero-order valence-electron chi connectivity index (χ0n) is 17.0. The highest BCUT2D eigenvalue weighted by Crippen LogP contribution is 2.41. The van der Waals surface area contributed by atoms with Crippen LogP contribution in [0, 0.1) is 5.92 Å². The van der Waals surface area contributed by atoms with Gasteiger partial charge in [-0.3, -0.25) is 0 Å². The second-order valence-electron chi connectivity index (χ2n) is 8.11. The number of nitrogens with one attached hydrogen (secondary N) is 1. The molecule has 6 nitrogen and oxygen atoms in total. The zero-order valence-corrected chi connectivity index (χ0v) is 17.0. The lowest BCUT2D eigenvalue weighted by Gasteiger charge is -2.37. The number of aromatic hydroxyl groups is 1. The summed E-state index contributed by atoms with van der Waals surface area (Å²) in [5.41, 5.74) is 2.23. The van der Waals surface area contributed by atoms with E-state index in [4.69, 9.17) is 0 Å². The molecule has 0 aliphatic carbocycles. The summed E-state index contributed by atoms with van der Waals surface area (Å²) in [7, 11) is 0. The molecule has 1 aliphatic rings. The van der Waals surface area contributed by atoms with E-state index in [0.29, 0.717) is 24.1 Å². The summed E-state index contributed by atoms with van der Waals surface area (Å²) in [5.74, 6) is -4.31. The number of benzene rings is 1. The average Bonchev–Trinajstić information content (AvgIpc) is 3.04. The number of halogens is 6. The Labute approximate surface area is 178 Å². The van der Waals surface area contributed by atoms with E-state index >= 15 is 0 Å². The van der Waals surface area contributed by atoms with Gasteiger partial charge in [0.05, 0.1) is 6.04 Å². The fraction of sp³-hybridized carbons (Fsp3) is 0.450. The van der Waals surface area contributed by atoms with Crippen LogP contribution in [0.15, 0.2) is 18.2 Å². The highest BCUT2D eigenvalue weighted by Gasteiger charge is 2.43. The Morgan fingerprint density at radius 2 is 1.69 bits per heavy atom. The number of fused-ring (bicyclic) bond motifs is 3. The third-order valence-electron chi connectivity index (χ3n) is 5.32. The van der Waals surface area contributed by atoms with E-state index in [1.165, 1.54) is 11.0 Å². The highest BCUT2D eigenvalue weighted by atomic mass is 19.4. The van der Waals surface area contributed by atoms with E-state index < -0.39 is 36.0 Å². The number of rotatable bonds is 3. The first kappa shape index (κ1) is 22.2. The molecule has 1 atom stereocenters. The van der Waals surface area contributed by atoms with E-state index in [9.17, 15) is 31.4 Å². The Bertz CT molecular complexity index is 1120. The number of hydrogen-bond donors (Lipinski definition) is 2. The molecule has 0 amide bonds. The standard InChI is InChI=1S/C20H19F6N5O/c1-9(2)7-14-15-11(12-8-10(32)3-4-13(12)27-15)5-6-31(14)18-29-16(19(21,22)23)28-17(30-18)20(24,25)26/h3-4,8-9,14,27,32H,5-7H2,1-2H3/t14-/m0/s1. The van der Waals surface area contributed by atoms with Crippen LogP contribution in [-0.4, -0.2) is 31.6 Å². The molecule has 12 heteroatoms. The number of alkyl halides is 6. The fourth-order valence-corrected chi connectivity index (χ4v) is 4.03. The van der Waals surface area contributed by atoms with Gasteiger partial charge in [0.15, 0.2) is 0 Å². The van der Waals surface area contributed by atoms with Crippen LogP contribution < -0.4 is 4.90 Å². The molecule has 3 heterocycles. The van der Waals surface area contributed by atoms with Gasteiger partial charge in [-0.05, 0) is 42.5 Å². The smallest absolute Gasteiger partial charge is 0.451 e. The molecule has 32 heavy (non-hydrogen) atoms. The molecule has 3 aromatic rings. The van der Waals surface area contributed by atoms with Gasteiger partial charge >= 0.3 is 12.4 Å². The average molecular weight is 459 g/mol. The highest BCUT2D eigenvalue weighted by molar-refractivity contribution is 5.86. The molecule has 172 valence electrons. The number of phenolic OH excluding ortho intramolecular Hbond substituents is 1. The van der Waals surface area contributed by atoms with Crippen molar-refractivity contribution in [3.63, 3.8) is 0 Å². The predicted octanol–water partition coefficient (Wildman–Crippen LogP) is 5.25. The normalized spacial score (nSPS) is 17.3. The van der Waals surface area contributed by atoms with Crippen molar-refractivity contribution in [3.8, 4) is 5.75 Å². The first-order valence-corrected chi connectivity index (χ1v) is 9.85. The summed E-state index contributed by atoms with van der Waals surface area (Å²) in [6.07, 6.45) is -9.57. The van der Waals surface area contributed by atoms with Crippen LogP contribution in [0.1, 0.15) is 49.2 Å². The number of aromatic amines is 1. The van der Waals surface area contributed by atoms with Gasteiger partial charge in [0, 0.05) is 23.1 Å². The van der Waals surface area contributed by atoms with Gasteiger partial charge in [-0.15, -0.1) is 0 Å². The zero-order chi connectivity index (χ0) is 23.4. The third-order valence-corrected chi connectivity index (χ3v) is 5.32. The Morgan fingerprint density at radius 3 is 2.25 bits per heavy atom. The second kappa shape index (κ2) is 7.52. The van der Waals surface area contributed by atoms with Gasteiger partial charge < -0.3 is 15.0 Å². The van der Waals surface area contributed by atoms with Crippen LogP contribution in [0.2, 0.25) is 0 Å². The maximum absolute atomic E-state index is 13.3. The van der Waals surface area contributed by atoms with Crippen molar-refractivity contribution in [2.45, 2.75) is 45.1 Å². The number of phenols is 1. The minimum Gasteiger partial charge on any atom is -0.508 e. The molecule has 0 saturated heterocycles. The van der Waals surface area contributed by atoms with Crippen LogP contribution in [0.3, 0.4) is 0 Å². The van der Waals surface area contributed by atoms with Gasteiger partial charge in [0.2, 0.25) is 17.6 Å². The topological polar surface area (TPSA) is 77.9 Å². The maximum atomic E-state index is 13.3. The Hall–Kier alpha value is -3.05. The molecule has 0 bridgehead atoms. The van der Waals surface area contributed by atoms with Crippen LogP contribution >= 0.6 is 0 Å². The van der Waals surface area contributed by atoms with E-state index in [1.54, 1.807) is 12.1 Å². The van der Waals surface area contributed by atoms with Gasteiger partial charge in [0.25, 0.3) is 0 Å². The molecule has 0 radical (unpaired) electrons. The minimum atomic E-state index is -5.16. The molecule has 1 aromatic carbocycles. The van der Waals surface area contributed by atoms with Crippen molar-refractivity contribution in [1.29, 1.82) is 0 Å². The maximum Gasteiger partial charge on any atom is 0.451 e. The van der Waals surface area contributed by atoms with Crippen molar-refractivity contribution in [3.05, 3.63) is 41.1 Å². The van der Waals surface area contributed by atoms with E-state index in [-0.39, 0.29) is 18.2 Å². The Balaban J connectivity index is 1.87. The molecule has 0 fully saturated rings. The van der Waals surface area contributed by atoms with E-state index in [2.05, 4.69) is 19.9 Å². The van der Waals surface area contributed by atoms with Gasteiger partial charge in [-0.2, -0.15) is 36.3 Å². The van der Waals surface area contributed by atoms with E-state index in [1.807, 2.05) is 13.8 Å². The second-order valence-corrected chi connectivity index (χ2v) is 8.11. The number of hydrogen-bond acceptors (Lipinski definition) is 5. The van der Waals surface area contributed by atoms with Gasteiger partial charge in [0.1, 0.15) is 5.75 Å². The lowest BCUT2D eigenvalue weighted by molar-refractivity contribution is -0.155. The van der Waals surface area contributed by atoms with Crippen molar-refractivity contribution < 1.29 is 31.4 Å². The summed E-state index contributed by atoms with van der Waals surface area (Å²) >= 11 is 0. The van der Waals surface area contributed by atoms with Crippen molar-refractivity contribution >= 4 is 16.9 Å². The van der Waals surface area contributed by atoms with Crippen LogP contribution in [0.5, 0.6) is 5.75 Å². The molecule has 1 aliphatic heterocycles. The molecular weight excluding hydrogens is 440 g/mol. The fourth-order valence-electron chi connectivity index (χ4n) is 4.03. The summed E-state index contributed by atoms with van der Waals surface area (Å²) in [5, 5.41) is 10.6. The number of nitrogens with zero attached hydrogens (tertiary/aromatic N) is 4. The van der Waals surface area contributed by atoms with Gasteiger partial charge in [-0.1, -0.05) is 13.8 Å². The minimum absolute atomic E-state index is 0.0595. The van der Waals surface area contributed by atoms with E-state index in [0.717, 1.165) is 10.9 Å². The van der Waals surface area contributed by atoms with Crippen molar-refractivity contribution in [2.75, 3.05) is 11.4 Å². The molecule has 4 rings (SSSR count). The van der Waals surface area contributed by atoms with Crippen LogP contribution in [0.4, 0.5) is 32.3 Å². The third kappa shape index (κ3) is 4.05. The molecule has 0 saturated carbocycles. The van der Waals surface area contributed by atoms with Crippen LogP contribution in [-0.2, 0) is 18.8 Å². The molecule has 2 aromatic heterocycles. The van der Waals surface area contributed by atoms with Crippen LogP contribution in [0.25, 0.3) is 10.9 Å². The molecule has 0 unspecified atom stereocenters. The summed E-state index contributed by atoms with van der Waals surface area (Å²) in [6, 6.07) is 4.17. The lowest BCUT2D eigenvalue weighted by atomic mass is 9.92. The first-order chi connectivity index (χ1) is 14.8. The largest absolute Gasteiger partial charge is 0.508 e. The Kier molecular flexibility index (Phi) is 5.21. The van der Waals surface area contributed by atoms with Crippen molar-refractivity contribution in [2.24, 2.45) is 5.92 Å². The van der Waals surface area contributed by atoms with Gasteiger partial charge in [-0.25, -0.2) is 4.98 Å². The molecular formula is C20H19F6N5O. The van der Waals surface area contributed by atoms with Crippen molar-refractivity contribution in [1.82, 2.24) is 19.9 Å². The summed E-state index contributed by atoms with van der Waals surface area (Å²) in [6.45, 7) is 3.90. The number of anilines is 1. The number of H-pyrrole nitrogens is 1. The SMILES string of the molecule is CC(C)C[C@H]1c2[nH]c3ccc(O)cc3c2CCN1c1nc(C(F)(F)F)nc(C(F)(F)F)n1. The quantitative estimate of drug-likeness (QED) is 0.524. The lowest BCUT2D eigenvalue weighted by Crippen LogP contribution is -2.38. The first-order valence-electron chi connectivity index (χ1n) is 9.85.